The molecule has 11 heteroatoms. The minimum absolute atomic E-state index is 0.00979. The number of hydrogen-bond acceptors (Lipinski definition) is 7. The molecule has 0 unspecified atom stereocenters. The van der Waals surface area contributed by atoms with E-state index in [1.165, 1.54) is 11.8 Å². The number of nitrogens with two attached hydrogens (primary N) is 1. The number of nitro benzene ring substituents is 1. The van der Waals surface area contributed by atoms with Crippen molar-refractivity contribution in [2.24, 2.45) is 16.6 Å². The molecule has 1 saturated heterocycles. The van der Waals surface area contributed by atoms with Crippen LogP contribution in [0, 0.1) is 16.0 Å². The number of alkyl halides is 3. The van der Waals surface area contributed by atoms with E-state index in [1.54, 1.807) is 0 Å². The van der Waals surface area contributed by atoms with Crippen molar-refractivity contribution >= 4 is 22.6 Å². The second-order valence-electron chi connectivity index (χ2n) is 5.69. The molecule has 2 aliphatic heterocycles. The van der Waals surface area contributed by atoms with Crippen LogP contribution in [0.4, 0.5) is 18.9 Å². The van der Waals surface area contributed by atoms with Crippen LogP contribution in [0.25, 0.3) is 0 Å². The van der Waals surface area contributed by atoms with Crippen LogP contribution < -0.4 is 10.5 Å². The fourth-order valence-electron chi connectivity index (χ4n) is 3.14. The molecule has 0 saturated carbocycles. The number of nitrogens with zero attached hydrogens (tertiary/aromatic N) is 2. The highest BCUT2D eigenvalue weighted by atomic mass is 32.2. The lowest BCUT2D eigenvalue weighted by Gasteiger charge is -2.44. The summed E-state index contributed by atoms with van der Waals surface area (Å²) >= 11 is 1.28. The molecule has 1 aromatic carbocycles. The summed E-state index contributed by atoms with van der Waals surface area (Å²) in [6.07, 6.45) is -4.67. The molecule has 0 bridgehead atoms. The molecule has 0 amide bonds. The first kappa shape index (κ1) is 17.8. The second kappa shape index (κ2) is 6.37. The third-order valence-corrected chi connectivity index (χ3v) is 5.19. The van der Waals surface area contributed by atoms with Crippen LogP contribution in [-0.4, -0.2) is 35.4 Å². The molecule has 136 valence electrons. The van der Waals surface area contributed by atoms with Gasteiger partial charge in [-0.05, 0) is 6.07 Å². The Morgan fingerprint density at radius 3 is 2.92 bits per heavy atom. The summed E-state index contributed by atoms with van der Waals surface area (Å²) < 4.78 is 47.9. The monoisotopic (exact) mass is 377 g/mol. The fourth-order valence-corrected chi connectivity index (χ4v) is 4.11. The van der Waals surface area contributed by atoms with Crippen LogP contribution in [-0.2, 0) is 10.3 Å². The zero-order valence-electron chi connectivity index (χ0n) is 12.8. The Labute approximate surface area is 144 Å². The van der Waals surface area contributed by atoms with Crippen LogP contribution in [0.1, 0.15) is 12.0 Å². The summed E-state index contributed by atoms with van der Waals surface area (Å²) in [4.78, 5) is 14.8. The van der Waals surface area contributed by atoms with E-state index in [1.807, 2.05) is 0 Å². The third-order valence-electron chi connectivity index (χ3n) is 4.23. The van der Waals surface area contributed by atoms with E-state index in [0.29, 0.717) is 5.75 Å². The fraction of sp³-hybridized carbons (Fsp3) is 0.500. The summed E-state index contributed by atoms with van der Waals surface area (Å²) in [5.74, 6) is -0.284. The van der Waals surface area contributed by atoms with Crippen LogP contribution in [0.2, 0.25) is 0 Å². The number of aliphatic imine (C=N–C) groups is 1. The van der Waals surface area contributed by atoms with Gasteiger partial charge in [0, 0.05) is 42.4 Å². The lowest BCUT2D eigenvalue weighted by atomic mass is 9.75. The Hall–Kier alpha value is -2.01. The molecular weight excluding hydrogens is 363 g/mol. The predicted octanol–water partition coefficient (Wildman–Crippen LogP) is 2.79. The second-order valence-corrected chi connectivity index (χ2v) is 6.73. The van der Waals surface area contributed by atoms with Crippen molar-refractivity contribution in [3.05, 3.63) is 33.9 Å². The molecule has 1 fully saturated rings. The van der Waals surface area contributed by atoms with Crippen LogP contribution in [0.5, 0.6) is 5.75 Å². The highest BCUT2D eigenvalue weighted by Gasteiger charge is 2.48. The van der Waals surface area contributed by atoms with Gasteiger partial charge >= 0.3 is 6.36 Å². The lowest BCUT2D eigenvalue weighted by molar-refractivity contribution is -0.385. The largest absolute Gasteiger partial charge is 0.573 e. The summed E-state index contributed by atoms with van der Waals surface area (Å²) in [5.41, 5.74) is 4.35. The minimum atomic E-state index is -4.93. The van der Waals surface area contributed by atoms with Gasteiger partial charge in [-0.1, -0.05) is 11.8 Å². The van der Waals surface area contributed by atoms with Crippen LogP contribution >= 0.6 is 11.8 Å². The molecule has 0 aromatic heterocycles. The number of rotatable bonds is 3. The Morgan fingerprint density at radius 1 is 1.48 bits per heavy atom. The third kappa shape index (κ3) is 3.52. The number of ether oxygens (including phenoxy) is 2. The molecule has 1 aromatic rings. The van der Waals surface area contributed by atoms with E-state index >= 15 is 0 Å². The number of fused-ring (bicyclic) bond motifs is 1. The molecule has 7 nitrogen and oxygen atoms in total. The van der Waals surface area contributed by atoms with Gasteiger partial charge in [-0.3, -0.25) is 15.1 Å². The van der Waals surface area contributed by atoms with Gasteiger partial charge in [-0.25, -0.2) is 0 Å². The maximum absolute atomic E-state index is 12.8. The van der Waals surface area contributed by atoms with Gasteiger partial charge in [-0.15, -0.1) is 13.2 Å². The normalized spacial score (nSPS) is 26.5. The minimum Gasteiger partial charge on any atom is -0.405 e. The number of hydrogen-bond donors (Lipinski definition) is 1. The van der Waals surface area contributed by atoms with Crippen molar-refractivity contribution in [2.45, 2.75) is 18.3 Å². The summed E-state index contributed by atoms with van der Waals surface area (Å²) in [6.45, 7) is 0.532. The molecule has 25 heavy (non-hydrogen) atoms. The van der Waals surface area contributed by atoms with Gasteiger partial charge in [0.25, 0.3) is 5.69 Å². The van der Waals surface area contributed by atoms with Gasteiger partial charge < -0.3 is 15.2 Å². The van der Waals surface area contributed by atoms with Crippen molar-refractivity contribution in [3.8, 4) is 5.75 Å². The van der Waals surface area contributed by atoms with E-state index < -0.39 is 22.6 Å². The number of amidine groups is 1. The Morgan fingerprint density at radius 2 is 2.24 bits per heavy atom. The van der Waals surface area contributed by atoms with E-state index in [-0.39, 0.29) is 42.0 Å². The molecule has 0 aliphatic carbocycles. The first-order valence-corrected chi connectivity index (χ1v) is 8.30. The zero-order valence-corrected chi connectivity index (χ0v) is 13.6. The maximum atomic E-state index is 12.8. The van der Waals surface area contributed by atoms with E-state index in [0.717, 1.165) is 18.2 Å². The first-order chi connectivity index (χ1) is 11.7. The quantitative estimate of drug-likeness (QED) is 0.642. The number of nitro groups is 1. The molecule has 2 atom stereocenters. The number of halogens is 3. The first-order valence-electron chi connectivity index (χ1n) is 7.32. The van der Waals surface area contributed by atoms with Crippen molar-refractivity contribution in [3.63, 3.8) is 0 Å². The summed E-state index contributed by atoms with van der Waals surface area (Å²) in [7, 11) is 0. The summed E-state index contributed by atoms with van der Waals surface area (Å²) in [6, 6.07) is 3.02. The molecule has 2 aliphatic rings. The zero-order chi connectivity index (χ0) is 18.2. The number of benzene rings is 1. The number of thioether (sulfide) groups is 1. The lowest BCUT2D eigenvalue weighted by Crippen LogP contribution is -2.47. The molecule has 2 heterocycles. The molecule has 2 N–H and O–H groups in total. The smallest absolute Gasteiger partial charge is 0.405 e. The van der Waals surface area contributed by atoms with E-state index in [2.05, 4.69) is 9.73 Å². The Balaban J connectivity index is 2.19. The van der Waals surface area contributed by atoms with Crippen molar-refractivity contribution < 1.29 is 27.6 Å². The van der Waals surface area contributed by atoms with Gasteiger partial charge in [0.1, 0.15) is 11.3 Å². The highest BCUT2D eigenvalue weighted by molar-refractivity contribution is 8.13. The average molecular weight is 377 g/mol. The van der Waals surface area contributed by atoms with E-state index in [4.69, 9.17) is 10.5 Å². The van der Waals surface area contributed by atoms with Crippen molar-refractivity contribution in [1.29, 1.82) is 0 Å². The standard InChI is InChI=1S/C14H14F3N3O4S/c15-14(16,17)24-11-2-1-9(20(21)22)5-10(11)13-3-4-23-6-8(13)7-25-12(18)19-13/h1-2,5,8H,3-4,6-7H2,(H2,18,19)/t8-,13-/m0/s1. The van der Waals surface area contributed by atoms with Gasteiger partial charge in [0.15, 0.2) is 5.17 Å². The predicted molar refractivity (Wildman–Crippen MR) is 84.5 cm³/mol. The van der Waals surface area contributed by atoms with Gasteiger partial charge in [-0.2, -0.15) is 0 Å². The molecule has 0 spiro atoms. The maximum Gasteiger partial charge on any atom is 0.573 e. The Bertz CT molecular complexity index is 728. The van der Waals surface area contributed by atoms with Crippen LogP contribution in [0.3, 0.4) is 0 Å². The average Bonchev–Trinajstić information content (AvgIpc) is 2.53. The van der Waals surface area contributed by atoms with Crippen molar-refractivity contribution in [2.75, 3.05) is 19.0 Å². The molecule has 3 rings (SSSR count). The van der Waals surface area contributed by atoms with Crippen LogP contribution in [0.15, 0.2) is 23.2 Å². The van der Waals surface area contributed by atoms with Gasteiger partial charge in [0.2, 0.25) is 0 Å². The Kier molecular flexibility index (Phi) is 4.54. The number of non-ortho nitro benzene ring substituents is 1. The summed E-state index contributed by atoms with van der Waals surface area (Å²) in [5, 5.41) is 11.3. The van der Waals surface area contributed by atoms with Gasteiger partial charge in [0.05, 0.1) is 11.5 Å². The molecular formula is C14H14F3N3O4S. The SMILES string of the molecule is NC1=N[C@@]2(c3cc([N+](=O)[O-])ccc3OC(F)(F)F)CCOC[C@H]2CS1. The van der Waals surface area contributed by atoms with E-state index in [9.17, 15) is 23.3 Å². The topological polar surface area (TPSA) is 100.0 Å². The molecule has 0 radical (unpaired) electrons. The highest BCUT2D eigenvalue weighted by Crippen LogP contribution is 2.49. The van der Waals surface area contributed by atoms with Crippen molar-refractivity contribution in [1.82, 2.24) is 0 Å².